The van der Waals surface area contributed by atoms with Gasteiger partial charge in [-0.25, -0.2) is 9.78 Å². The van der Waals surface area contributed by atoms with E-state index in [1.165, 1.54) is 17.8 Å². The first-order valence-electron chi connectivity index (χ1n) is 6.83. The lowest BCUT2D eigenvalue weighted by molar-refractivity contribution is 0.557. The fraction of sp³-hybridized carbons (Fsp3) is 0. The number of fused-ring (bicyclic) bond motifs is 1. The van der Waals surface area contributed by atoms with Crippen LogP contribution in [0.3, 0.4) is 0 Å². The summed E-state index contributed by atoms with van der Waals surface area (Å²) in [6.07, 6.45) is 3.39. The molecule has 0 aliphatic rings. The standard InChI is InChI=1S/C16H10N4O2S/c21-14-9-13(11-3-1-2-4-12(11)22-14)23-16-18-15(19-20-16)10-5-7-17-8-6-10/h1-9H,(H,18,19,20). The highest BCUT2D eigenvalue weighted by Crippen LogP contribution is 2.31. The van der Waals surface area contributed by atoms with Crippen LogP contribution in [0.25, 0.3) is 22.4 Å². The van der Waals surface area contributed by atoms with Crippen molar-refractivity contribution >= 4 is 22.7 Å². The molecule has 0 atom stereocenters. The van der Waals surface area contributed by atoms with E-state index in [-0.39, 0.29) is 0 Å². The van der Waals surface area contributed by atoms with Gasteiger partial charge >= 0.3 is 5.63 Å². The number of H-pyrrole nitrogens is 1. The highest BCUT2D eigenvalue weighted by atomic mass is 32.2. The molecule has 4 aromatic rings. The van der Waals surface area contributed by atoms with Crippen molar-refractivity contribution in [2.45, 2.75) is 10.1 Å². The molecule has 7 heteroatoms. The number of aromatic nitrogens is 4. The predicted octanol–water partition coefficient (Wildman–Crippen LogP) is 3.12. The van der Waals surface area contributed by atoms with Gasteiger partial charge in [0, 0.05) is 34.3 Å². The summed E-state index contributed by atoms with van der Waals surface area (Å²) in [5.74, 6) is 0.655. The molecular weight excluding hydrogens is 312 g/mol. The lowest BCUT2D eigenvalue weighted by Gasteiger charge is -2.01. The Morgan fingerprint density at radius 3 is 2.78 bits per heavy atom. The van der Waals surface area contributed by atoms with E-state index in [0.29, 0.717) is 16.6 Å². The second-order valence-electron chi connectivity index (χ2n) is 4.73. The van der Waals surface area contributed by atoms with Crippen molar-refractivity contribution in [2.24, 2.45) is 0 Å². The van der Waals surface area contributed by atoms with E-state index in [2.05, 4.69) is 20.2 Å². The molecule has 0 saturated heterocycles. The van der Waals surface area contributed by atoms with Gasteiger partial charge in [0.25, 0.3) is 0 Å². The van der Waals surface area contributed by atoms with Crippen LogP contribution >= 0.6 is 11.8 Å². The highest BCUT2D eigenvalue weighted by molar-refractivity contribution is 7.99. The number of nitrogens with zero attached hydrogens (tertiary/aromatic N) is 3. The molecule has 0 saturated carbocycles. The zero-order chi connectivity index (χ0) is 15.6. The Bertz CT molecular complexity index is 1030. The second kappa shape index (κ2) is 5.69. The number of rotatable bonds is 3. The van der Waals surface area contributed by atoms with Crippen molar-refractivity contribution in [3.63, 3.8) is 0 Å². The first-order chi connectivity index (χ1) is 11.3. The number of hydrogen-bond donors (Lipinski definition) is 1. The Labute approximate surface area is 134 Å². The molecule has 0 radical (unpaired) electrons. The summed E-state index contributed by atoms with van der Waals surface area (Å²) in [4.78, 5) is 20.9. The van der Waals surface area contributed by atoms with Crippen LogP contribution in [0.2, 0.25) is 0 Å². The molecule has 0 amide bonds. The molecule has 4 rings (SSSR count). The average Bonchev–Trinajstić information content (AvgIpc) is 3.04. The Morgan fingerprint density at radius 2 is 1.91 bits per heavy atom. The zero-order valence-electron chi connectivity index (χ0n) is 11.8. The molecule has 1 N–H and O–H groups in total. The molecule has 0 spiro atoms. The van der Waals surface area contributed by atoms with Crippen molar-refractivity contribution in [1.82, 2.24) is 20.2 Å². The van der Waals surface area contributed by atoms with Crippen LogP contribution in [-0.2, 0) is 0 Å². The minimum absolute atomic E-state index is 0.393. The smallest absolute Gasteiger partial charge is 0.337 e. The van der Waals surface area contributed by atoms with Gasteiger partial charge in [0.1, 0.15) is 5.58 Å². The van der Waals surface area contributed by atoms with Gasteiger partial charge in [-0.1, -0.05) is 18.2 Å². The van der Waals surface area contributed by atoms with Gasteiger partial charge in [0.15, 0.2) is 5.82 Å². The summed E-state index contributed by atoms with van der Waals surface area (Å²) in [7, 11) is 0. The Morgan fingerprint density at radius 1 is 1.09 bits per heavy atom. The minimum atomic E-state index is -0.393. The third-order valence-electron chi connectivity index (χ3n) is 3.23. The molecule has 23 heavy (non-hydrogen) atoms. The molecule has 0 bridgehead atoms. The average molecular weight is 322 g/mol. The maximum absolute atomic E-state index is 11.7. The van der Waals surface area contributed by atoms with Gasteiger partial charge in [-0.15, -0.1) is 5.10 Å². The molecule has 112 valence electrons. The van der Waals surface area contributed by atoms with Gasteiger partial charge in [-0.05, 0) is 30.0 Å². The summed E-state index contributed by atoms with van der Waals surface area (Å²) in [6.45, 7) is 0. The molecular formula is C16H10N4O2S. The van der Waals surface area contributed by atoms with E-state index >= 15 is 0 Å². The molecule has 0 aliphatic heterocycles. The van der Waals surface area contributed by atoms with E-state index in [0.717, 1.165) is 15.8 Å². The second-order valence-corrected chi connectivity index (χ2v) is 5.74. The van der Waals surface area contributed by atoms with Gasteiger partial charge < -0.3 is 4.42 Å². The number of hydrogen-bond acceptors (Lipinski definition) is 6. The van der Waals surface area contributed by atoms with E-state index in [9.17, 15) is 4.79 Å². The maximum atomic E-state index is 11.7. The SMILES string of the molecule is O=c1cc(Sc2n[nH]c(-c3ccncc3)n2)c2ccccc2o1. The normalized spacial score (nSPS) is 11.0. The largest absolute Gasteiger partial charge is 0.423 e. The topological polar surface area (TPSA) is 84.7 Å². The van der Waals surface area contributed by atoms with Gasteiger partial charge in [-0.2, -0.15) is 0 Å². The highest BCUT2D eigenvalue weighted by Gasteiger charge is 2.11. The number of para-hydroxylation sites is 1. The van der Waals surface area contributed by atoms with Crippen molar-refractivity contribution in [2.75, 3.05) is 0 Å². The fourth-order valence-corrected chi connectivity index (χ4v) is 3.05. The van der Waals surface area contributed by atoms with Crippen LogP contribution < -0.4 is 5.63 Å². The van der Waals surface area contributed by atoms with Gasteiger partial charge in [0.2, 0.25) is 5.16 Å². The first kappa shape index (κ1) is 13.7. The minimum Gasteiger partial charge on any atom is -0.423 e. The van der Waals surface area contributed by atoms with E-state index in [1.807, 2.05) is 30.3 Å². The quantitative estimate of drug-likeness (QED) is 0.583. The molecule has 3 heterocycles. The van der Waals surface area contributed by atoms with E-state index in [1.54, 1.807) is 18.5 Å². The third kappa shape index (κ3) is 2.74. The van der Waals surface area contributed by atoms with Crippen LogP contribution in [0.5, 0.6) is 0 Å². The lowest BCUT2D eigenvalue weighted by atomic mass is 10.2. The predicted molar refractivity (Wildman–Crippen MR) is 86.2 cm³/mol. The van der Waals surface area contributed by atoms with Crippen molar-refractivity contribution in [3.05, 3.63) is 65.3 Å². The van der Waals surface area contributed by atoms with Crippen LogP contribution in [0.4, 0.5) is 0 Å². The third-order valence-corrected chi connectivity index (χ3v) is 4.15. The summed E-state index contributed by atoms with van der Waals surface area (Å²) < 4.78 is 5.19. The molecule has 1 aromatic carbocycles. The van der Waals surface area contributed by atoms with Crippen LogP contribution in [0.1, 0.15) is 0 Å². The van der Waals surface area contributed by atoms with Crippen LogP contribution in [-0.4, -0.2) is 20.2 Å². The summed E-state index contributed by atoms with van der Waals surface area (Å²) in [5.41, 5.74) is 1.06. The molecule has 6 nitrogen and oxygen atoms in total. The Hall–Kier alpha value is -2.93. The summed E-state index contributed by atoms with van der Waals surface area (Å²) in [5, 5.41) is 8.48. The Kier molecular flexibility index (Phi) is 3.39. The number of aromatic amines is 1. The van der Waals surface area contributed by atoms with E-state index < -0.39 is 5.63 Å². The molecule has 0 fully saturated rings. The monoisotopic (exact) mass is 322 g/mol. The van der Waals surface area contributed by atoms with Gasteiger partial charge in [0.05, 0.1) is 0 Å². The fourth-order valence-electron chi connectivity index (χ4n) is 2.20. The number of benzene rings is 1. The number of nitrogens with one attached hydrogen (secondary N) is 1. The zero-order valence-corrected chi connectivity index (χ0v) is 12.6. The van der Waals surface area contributed by atoms with Crippen LogP contribution in [0, 0.1) is 0 Å². The molecule has 0 unspecified atom stereocenters. The lowest BCUT2D eigenvalue weighted by Crippen LogP contribution is -1.97. The van der Waals surface area contributed by atoms with Crippen molar-refractivity contribution in [3.8, 4) is 11.4 Å². The Balaban J connectivity index is 1.72. The van der Waals surface area contributed by atoms with Crippen molar-refractivity contribution in [1.29, 1.82) is 0 Å². The molecule has 0 aliphatic carbocycles. The summed E-state index contributed by atoms with van der Waals surface area (Å²) >= 11 is 1.32. The first-order valence-corrected chi connectivity index (χ1v) is 7.65. The van der Waals surface area contributed by atoms with Crippen molar-refractivity contribution < 1.29 is 4.42 Å². The van der Waals surface area contributed by atoms with Crippen LogP contribution in [0.15, 0.2) is 74.1 Å². The number of pyridine rings is 1. The van der Waals surface area contributed by atoms with E-state index in [4.69, 9.17) is 4.42 Å². The summed E-state index contributed by atoms with van der Waals surface area (Å²) in [6, 6.07) is 12.5. The maximum Gasteiger partial charge on any atom is 0.337 e. The van der Waals surface area contributed by atoms with Gasteiger partial charge in [-0.3, -0.25) is 10.1 Å². The molecule has 3 aromatic heterocycles.